The number of amides is 2. The normalized spacial score (nSPS) is 21.7. The van der Waals surface area contributed by atoms with Crippen molar-refractivity contribution in [3.63, 3.8) is 0 Å². The van der Waals surface area contributed by atoms with Crippen LogP contribution in [0.25, 0.3) is 0 Å². The largest absolute Gasteiger partial charge is 0.381 e. The lowest BCUT2D eigenvalue weighted by Gasteiger charge is -2.42. The second-order valence-electron chi connectivity index (χ2n) is 5.97. The van der Waals surface area contributed by atoms with Crippen LogP contribution in [0.4, 0.5) is 0 Å². The third-order valence-electron chi connectivity index (χ3n) is 4.76. The molecule has 22 heavy (non-hydrogen) atoms. The summed E-state index contributed by atoms with van der Waals surface area (Å²) in [5, 5.41) is 2.04. The lowest BCUT2D eigenvalue weighted by Crippen LogP contribution is -2.56. The number of carbonyl (C=O) groups excluding carboxylic acids is 2. The van der Waals surface area contributed by atoms with Crippen molar-refractivity contribution in [2.24, 2.45) is 0 Å². The molecule has 0 aliphatic carbocycles. The lowest BCUT2D eigenvalue weighted by atomic mass is 9.77. The highest BCUT2D eigenvalue weighted by Gasteiger charge is 2.45. The Labute approximate surface area is 134 Å². The van der Waals surface area contributed by atoms with Crippen LogP contribution in [0.15, 0.2) is 17.5 Å². The van der Waals surface area contributed by atoms with E-state index in [0.717, 1.165) is 17.7 Å². The van der Waals surface area contributed by atoms with Crippen LogP contribution in [0.3, 0.4) is 0 Å². The van der Waals surface area contributed by atoms with Gasteiger partial charge in [0.05, 0.1) is 5.41 Å². The third kappa shape index (κ3) is 2.77. The van der Waals surface area contributed by atoms with Crippen LogP contribution in [0.5, 0.6) is 0 Å². The predicted octanol–water partition coefficient (Wildman–Crippen LogP) is 1.49. The van der Waals surface area contributed by atoms with E-state index >= 15 is 0 Å². The molecule has 0 N–H and O–H groups in total. The average molecular weight is 322 g/mol. The van der Waals surface area contributed by atoms with Crippen molar-refractivity contribution in [3.05, 3.63) is 22.4 Å². The molecule has 0 aromatic carbocycles. The Hall–Kier alpha value is -1.40. The second-order valence-corrected chi connectivity index (χ2v) is 6.92. The minimum absolute atomic E-state index is 0.0890. The fraction of sp³-hybridized carbons (Fsp3) is 0.625. The van der Waals surface area contributed by atoms with Gasteiger partial charge in [-0.15, -0.1) is 11.3 Å². The molecule has 120 valence electrons. The molecule has 2 aliphatic heterocycles. The van der Waals surface area contributed by atoms with Crippen LogP contribution < -0.4 is 0 Å². The number of hydrogen-bond donors (Lipinski definition) is 0. The van der Waals surface area contributed by atoms with E-state index in [-0.39, 0.29) is 11.8 Å². The molecule has 0 saturated carbocycles. The monoisotopic (exact) mass is 322 g/mol. The Morgan fingerprint density at radius 1 is 1.14 bits per heavy atom. The Balaban J connectivity index is 1.78. The molecule has 0 spiro atoms. The summed E-state index contributed by atoms with van der Waals surface area (Å²) in [5.41, 5.74) is -0.426. The molecule has 0 atom stereocenters. The number of carbonyl (C=O) groups is 2. The summed E-state index contributed by atoms with van der Waals surface area (Å²) in [6.07, 6.45) is 1.50. The van der Waals surface area contributed by atoms with Crippen molar-refractivity contribution in [2.75, 3.05) is 39.4 Å². The van der Waals surface area contributed by atoms with Gasteiger partial charge >= 0.3 is 0 Å². The van der Waals surface area contributed by atoms with Gasteiger partial charge in [-0.3, -0.25) is 9.59 Å². The van der Waals surface area contributed by atoms with Gasteiger partial charge in [0.25, 0.3) is 0 Å². The zero-order chi connectivity index (χ0) is 15.6. The highest BCUT2D eigenvalue weighted by atomic mass is 32.1. The molecule has 6 heteroatoms. The highest BCUT2D eigenvalue weighted by molar-refractivity contribution is 7.10. The fourth-order valence-corrected chi connectivity index (χ4v) is 4.34. The van der Waals surface area contributed by atoms with Gasteiger partial charge in [0, 0.05) is 51.2 Å². The standard InChI is InChI=1S/C16H22N2O3S/c1-13(19)17-6-8-18(9-7-17)15(20)16(4-10-21-11-5-16)14-3-2-12-22-14/h2-3,12H,4-11H2,1H3. The topological polar surface area (TPSA) is 49.9 Å². The highest BCUT2D eigenvalue weighted by Crippen LogP contribution is 2.39. The van der Waals surface area contributed by atoms with E-state index < -0.39 is 5.41 Å². The summed E-state index contributed by atoms with van der Waals surface area (Å²) in [6.45, 7) is 5.40. The van der Waals surface area contributed by atoms with Gasteiger partial charge in [0.15, 0.2) is 0 Å². The first-order chi connectivity index (χ1) is 10.6. The number of thiophene rings is 1. The zero-order valence-corrected chi connectivity index (χ0v) is 13.7. The van der Waals surface area contributed by atoms with Crippen molar-refractivity contribution < 1.29 is 14.3 Å². The summed E-state index contributed by atoms with van der Waals surface area (Å²) >= 11 is 1.66. The molecule has 0 bridgehead atoms. The Bertz CT molecular complexity index is 530. The summed E-state index contributed by atoms with van der Waals surface area (Å²) < 4.78 is 5.49. The molecule has 1 aromatic rings. The molecule has 2 aliphatic rings. The van der Waals surface area contributed by atoms with E-state index in [0.29, 0.717) is 39.4 Å². The number of ether oxygens (including phenoxy) is 1. The van der Waals surface area contributed by atoms with Crippen molar-refractivity contribution >= 4 is 23.2 Å². The fourth-order valence-electron chi connectivity index (χ4n) is 3.36. The molecule has 2 amide bonds. The lowest BCUT2D eigenvalue weighted by molar-refractivity contribution is -0.145. The van der Waals surface area contributed by atoms with Gasteiger partial charge in [-0.05, 0) is 24.3 Å². The Morgan fingerprint density at radius 3 is 2.32 bits per heavy atom. The number of hydrogen-bond acceptors (Lipinski definition) is 4. The molecule has 0 unspecified atom stereocenters. The molecule has 3 heterocycles. The van der Waals surface area contributed by atoms with Gasteiger partial charge in [0.2, 0.25) is 11.8 Å². The molecule has 3 rings (SSSR count). The van der Waals surface area contributed by atoms with Crippen LogP contribution in [0.2, 0.25) is 0 Å². The molecule has 0 radical (unpaired) electrons. The van der Waals surface area contributed by atoms with E-state index in [1.165, 1.54) is 0 Å². The van der Waals surface area contributed by atoms with E-state index in [1.807, 2.05) is 21.2 Å². The van der Waals surface area contributed by atoms with Crippen LogP contribution in [-0.2, 0) is 19.7 Å². The van der Waals surface area contributed by atoms with Crippen molar-refractivity contribution in [3.8, 4) is 0 Å². The maximum Gasteiger partial charge on any atom is 0.234 e. The molecule has 2 saturated heterocycles. The average Bonchev–Trinajstić information content (AvgIpc) is 3.10. The summed E-state index contributed by atoms with van der Waals surface area (Å²) in [5.74, 6) is 0.299. The predicted molar refractivity (Wildman–Crippen MR) is 84.9 cm³/mol. The van der Waals surface area contributed by atoms with Crippen LogP contribution >= 0.6 is 11.3 Å². The first kappa shape index (κ1) is 15.5. The zero-order valence-electron chi connectivity index (χ0n) is 12.9. The summed E-state index contributed by atoms with van der Waals surface area (Å²) in [6, 6.07) is 4.08. The molecule has 5 nitrogen and oxygen atoms in total. The molecule has 2 fully saturated rings. The van der Waals surface area contributed by atoms with Crippen molar-refractivity contribution in [1.82, 2.24) is 9.80 Å². The van der Waals surface area contributed by atoms with Crippen LogP contribution in [0.1, 0.15) is 24.6 Å². The van der Waals surface area contributed by atoms with Crippen molar-refractivity contribution in [2.45, 2.75) is 25.2 Å². The van der Waals surface area contributed by atoms with E-state index in [4.69, 9.17) is 4.74 Å². The van der Waals surface area contributed by atoms with Gasteiger partial charge in [-0.1, -0.05) is 6.07 Å². The minimum atomic E-state index is -0.426. The first-order valence-corrected chi connectivity index (χ1v) is 8.68. The number of rotatable bonds is 2. The van der Waals surface area contributed by atoms with E-state index in [9.17, 15) is 9.59 Å². The maximum atomic E-state index is 13.2. The van der Waals surface area contributed by atoms with Crippen LogP contribution in [-0.4, -0.2) is 61.0 Å². The van der Waals surface area contributed by atoms with E-state index in [1.54, 1.807) is 18.3 Å². The number of nitrogens with zero attached hydrogens (tertiary/aromatic N) is 2. The second kappa shape index (κ2) is 6.38. The van der Waals surface area contributed by atoms with Gasteiger partial charge in [-0.2, -0.15) is 0 Å². The first-order valence-electron chi connectivity index (χ1n) is 7.80. The quantitative estimate of drug-likeness (QED) is 0.829. The summed E-state index contributed by atoms with van der Waals surface area (Å²) in [7, 11) is 0. The SMILES string of the molecule is CC(=O)N1CCN(C(=O)C2(c3cccs3)CCOCC2)CC1. The minimum Gasteiger partial charge on any atom is -0.381 e. The molecular weight excluding hydrogens is 300 g/mol. The van der Waals surface area contributed by atoms with Gasteiger partial charge < -0.3 is 14.5 Å². The maximum absolute atomic E-state index is 13.2. The summed E-state index contributed by atoms with van der Waals surface area (Å²) in [4.78, 5) is 29.6. The number of piperazine rings is 1. The third-order valence-corrected chi connectivity index (χ3v) is 5.83. The molecular formula is C16H22N2O3S. The Kier molecular flexibility index (Phi) is 4.49. The van der Waals surface area contributed by atoms with Crippen LogP contribution in [0, 0.1) is 0 Å². The molecule has 1 aromatic heterocycles. The van der Waals surface area contributed by atoms with Crippen molar-refractivity contribution in [1.29, 1.82) is 0 Å². The smallest absolute Gasteiger partial charge is 0.234 e. The van der Waals surface area contributed by atoms with E-state index in [2.05, 4.69) is 6.07 Å². The Morgan fingerprint density at radius 2 is 1.77 bits per heavy atom. The van der Waals surface area contributed by atoms with Gasteiger partial charge in [0.1, 0.15) is 0 Å². The van der Waals surface area contributed by atoms with Gasteiger partial charge in [-0.25, -0.2) is 0 Å².